The number of carboxylic acids is 1. The fraction of sp³-hybridized carbons (Fsp3) is 0.533. The quantitative estimate of drug-likeness (QED) is 0.0885. The molecule has 3 saturated carbocycles. The summed E-state index contributed by atoms with van der Waals surface area (Å²) in [5.74, 6) is -4.65. The lowest BCUT2D eigenvalue weighted by Gasteiger charge is -2.63. The molecule has 4 fully saturated rings. The minimum atomic E-state index is -2.34. The first-order chi connectivity index (χ1) is 30.0. The maximum absolute atomic E-state index is 17.7. The van der Waals surface area contributed by atoms with Crippen molar-refractivity contribution < 1.29 is 67.0 Å². The molecule has 63 heavy (non-hydrogen) atoms. The number of hydrogen-bond donors (Lipinski definition) is 6. The van der Waals surface area contributed by atoms with E-state index in [1.807, 2.05) is 30.3 Å². The summed E-state index contributed by atoms with van der Waals surface area (Å²) >= 11 is 5.40. The summed E-state index contributed by atoms with van der Waals surface area (Å²) < 4.78 is 57.6. The molecule has 1 aliphatic heterocycles. The minimum absolute atomic E-state index is 0.00715. The monoisotopic (exact) mass is 914 g/mol. The average molecular weight is 915 g/mol. The highest BCUT2D eigenvalue weighted by atomic mass is 32.2. The minimum Gasteiger partial charge on any atom is -0.481 e. The van der Waals surface area contributed by atoms with Gasteiger partial charge in [-0.2, -0.15) is 12.6 Å². The lowest BCUT2D eigenvalue weighted by molar-refractivity contribution is -0.235. The Bertz CT molecular complexity index is 2160. The van der Waals surface area contributed by atoms with E-state index in [1.165, 1.54) is 30.8 Å². The molecule has 2 amide bonds. The smallest absolute Gasteiger partial charge is 0.304 e. The van der Waals surface area contributed by atoms with Crippen molar-refractivity contribution in [2.75, 3.05) is 44.9 Å². The van der Waals surface area contributed by atoms with Gasteiger partial charge in [0.1, 0.15) is 12.8 Å². The van der Waals surface area contributed by atoms with Crippen molar-refractivity contribution in [3.05, 3.63) is 77.9 Å². The van der Waals surface area contributed by atoms with E-state index in [2.05, 4.69) is 23.3 Å². The molecule has 2 aromatic rings. The van der Waals surface area contributed by atoms with E-state index < -0.39 is 93.9 Å². The first kappa shape index (κ1) is 47.0. The van der Waals surface area contributed by atoms with Gasteiger partial charge in [-0.1, -0.05) is 43.0 Å². The van der Waals surface area contributed by atoms with Crippen LogP contribution in [0.2, 0.25) is 0 Å². The molecule has 0 aromatic heterocycles. The molecule has 14 nitrogen and oxygen atoms in total. The van der Waals surface area contributed by atoms with Crippen molar-refractivity contribution in [2.45, 2.75) is 96.9 Å². The van der Waals surface area contributed by atoms with Crippen molar-refractivity contribution in [3.63, 3.8) is 0 Å². The van der Waals surface area contributed by atoms with Crippen LogP contribution in [0.15, 0.2) is 82.1 Å². The van der Waals surface area contributed by atoms with E-state index in [-0.39, 0.29) is 76.6 Å². The lowest BCUT2D eigenvalue weighted by Crippen LogP contribution is -2.70. The van der Waals surface area contributed by atoms with Gasteiger partial charge >= 0.3 is 5.97 Å². The summed E-state index contributed by atoms with van der Waals surface area (Å²) in [6.45, 7) is 3.40. The van der Waals surface area contributed by atoms with E-state index in [0.29, 0.717) is 11.3 Å². The number of halogens is 2. The third kappa shape index (κ3) is 8.77. The number of carboxylic acid groups (broad SMARTS) is 1. The largest absolute Gasteiger partial charge is 0.481 e. The van der Waals surface area contributed by atoms with E-state index in [1.54, 1.807) is 25.1 Å². The number of ketones is 2. The number of amides is 2. The number of allylic oxidation sites excluding steroid dienone is 4. The zero-order valence-corrected chi connectivity index (χ0v) is 36.5. The highest BCUT2D eigenvalue weighted by Gasteiger charge is 2.80. The van der Waals surface area contributed by atoms with Crippen LogP contribution in [0, 0.1) is 22.7 Å². The molecule has 5 aliphatic rings. The number of ether oxygens (including phenoxy) is 4. The van der Waals surface area contributed by atoms with E-state index >= 15 is 8.78 Å². The number of rotatable bonds is 18. The number of aliphatic hydroxyl groups is 2. The number of thiol groups is 1. The number of alkyl halides is 2. The number of benzene rings is 2. The molecule has 11 atom stereocenters. The van der Waals surface area contributed by atoms with Crippen LogP contribution < -0.4 is 10.6 Å². The number of carbonyl (C=O) groups is 5. The molecule has 0 radical (unpaired) electrons. The van der Waals surface area contributed by atoms with Gasteiger partial charge in [0.05, 0.1) is 56.7 Å². The molecule has 1 heterocycles. The lowest BCUT2D eigenvalue weighted by atomic mass is 9.44. The fourth-order valence-electron chi connectivity index (χ4n) is 10.5. The Balaban J connectivity index is 0.915. The maximum Gasteiger partial charge on any atom is 0.304 e. The van der Waals surface area contributed by atoms with Crippen LogP contribution in [0.25, 0.3) is 0 Å². The molecule has 2 unspecified atom stereocenters. The fourth-order valence-corrected chi connectivity index (χ4v) is 11.6. The second kappa shape index (κ2) is 18.8. The summed E-state index contributed by atoms with van der Waals surface area (Å²) in [7, 11) is 0. The summed E-state index contributed by atoms with van der Waals surface area (Å²) in [5, 5.41) is 35.3. The third-order valence-electron chi connectivity index (χ3n) is 13.5. The van der Waals surface area contributed by atoms with Gasteiger partial charge in [-0.15, -0.1) is 0 Å². The second-order valence-electron chi connectivity index (χ2n) is 17.1. The third-order valence-corrected chi connectivity index (χ3v) is 14.9. The number of fused-ring (bicyclic) bond motifs is 7. The van der Waals surface area contributed by atoms with Gasteiger partial charge in [-0.3, -0.25) is 24.0 Å². The molecule has 18 heteroatoms. The summed E-state index contributed by atoms with van der Waals surface area (Å²) in [4.78, 5) is 62.8. The molecule has 340 valence electrons. The van der Waals surface area contributed by atoms with Crippen LogP contribution in [0.5, 0.6) is 0 Å². The zero-order chi connectivity index (χ0) is 45.3. The van der Waals surface area contributed by atoms with E-state index in [0.717, 1.165) is 15.9 Å². The molecule has 5 N–H and O–H groups in total. The molecule has 0 spiro atoms. The van der Waals surface area contributed by atoms with E-state index in [4.69, 9.17) is 24.1 Å². The Morgan fingerprint density at radius 1 is 1.02 bits per heavy atom. The molecular formula is C45H52F2N2O12S2. The Hall–Kier alpha value is -4.01. The van der Waals surface area contributed by atoms with Gasteiger partial charge in [0, 0.05) is 44.3 Å². The van der Waals surface area contributed by atoms with Gasteiger partial charge in [0.25, 0.3) is 0 Å². The number of aliphatic hydroxyl groups excluding tert-OH is 2. The maximum atomic E-state index is 17.7. The number of anilines is 1. The number of hydrogen-bond acceptors (Lipinski definition) is 13. The van der Waals surface area contributed by atoms with Crippen LogP contribution in [0.1, 0.15) is 57.8 Å². The van der Waals surface area contributed by atoms with Gasteiger partial charge in [-0.25, -0.2) is 8.78 Å². The molecule has 7 rings (SSSR count). The SMILES string of the molecule is C[C@]12C=CC(=O)C=C1[C@@H](F)C[C@H]1C3C[C@H]4O[C@@H](c5ccc(Sc6cccc(NC(=O)CCOCCOCCNC(=O)C(S)CC(=O)O)c6)cc5)O[C@@]4(C(=O)CO)[C@@]3(C)C[C@H](O)[C@@]12F. The van der Waals surface area contributed by atoms with Crippen molar-refractivity contribution in [3.8, 4) is 0 Å². The van der Waals surface area contributed by atoms with E-state index in [9.17, 15) is 34.2 Å². The van der Waals surface area contributed by atoms with Crippen LogP contribution in [0.4, 0.5) is 14.5 Å². The van der Waals surface area contributed by atoms with Crippen LogP contribution in [-0.2, 0) is 42.9 Å². The van der Waals surface area contributed by atoms with Gasteiger partial charge < -0.3 is 44.9 Å². The number of nitrogens with one attached hydrogen (secondary N) is 2. The normalized spacial score (nSPS) is 33.3. The Morgan fingerprint density at radius 2 is 1.75 bits per heavy atom. The molecule has 1 saturated heterocycles. The number of carbonyl (C=O) groups excluding carboxylic acids is 4. The topological polar surface area (TPSA) is 207 Å². The van der Waals surface area contributed by atoms with Crippen molar-refractivity contribution >= 4 is 59.4 Å². The van der Waals surface area contributed by atoms with Crippen molar-refractivity contribution in [1.29, 1.82) is 0 Å². The predicted molar refractivity (Wildman–Crippen MR) is 227 cm³/mol. The van der Waals surface area contributed by atoms with Gasteiger partial charge in [0.2, 0.25) is 11.8 Å². The average Bonchev–Trinajstić information content (AvgIpc) is 3.74. The zero-order valence-electron chi connectivity index (χ0n) is 34.8. The second-order valence-corrected chi connectivity index (χ2v) is 18.9. The Morgan fingerprint density at radius 3 is 2.46 bits per heavy atom. The highest BCUT2D eigenvalue weighted by molar-refractivity contribution is 7.99. The van der Waals surface area contributed by atoms with Crippen molar-refractivity contribution in [2.24, 2.45) is 22.7 Å². The van der Waals surface area contributed by atoms with Gasteiger partial charge in [0.15, 0.2) is 29.1 Å². The molecule has 4 aliphatic carbocycles. The van der Waals surface area contributed by atoms with Crippen LogP contribution >= 0.6 is 24.4 Å². The molecular weight excluding hydrogens is 863 g/mol. The Kier molecular flexibility index (Phi) is 14.0. The van der Waals surface area contributed by atoms with Gasteiger partial charge in [-0.05, 0) is 80.2 Å². The molecule has 2 aromatic carbocycles. The summed E-state index contributed by atoms with van der Waals surface area (Å²) in [6.07, 6.45) is -2.16. The first-order valence-electron chi connectivity index (χ1n) is 20.9. The molecule has 0 bridgehead atoms. The summed E-state index contributed by atoms with van der Waals surface area (Å²) in [5.41, 5.74) is -5.71. The first-order valence-corrected chi connectivity index (χ1v) is 22.2. The predicted octanol–water partition coefficient (Wildman–Crippen LogP) is 4.73. The standard InChI is InChI=1S/C45H52F2N2O12S2/c1-42-12-10-27(51)19-32(42)33(46)20-31-30-21-37-45(36(53)24-50,43(30,2)23-35(52)44(31,42)47)61-41(60-37)25-6-8-28(9-7-25)63-29-5-3-4-26(18-29)49-38(54)11-14-58-16-17-59-15-13-48-40(57)34(62)22-39(55)56/h3-10,12,18-19,30-31,33-35,37,41,50,52,62H,11,13-17,20-24H2,1-2H3,(H,48,57)(H,49,54)(H,55,56)/t30?,31-,33-,34?,35-,37+,41+,42-,43-,44-,45+/m0/s1. The van der Waals surface area contributed by atoms with Crippen LogP contribution in [0.3, 0.4) is 0 Å². The number of Topliss-reactive ketones (excluding diaryl/α,β-unsaturated/α-hetero) is 1. The highest BCUT2D eigenvalue weighted by Crippen LogP contribution is 2.72. The Labute approximate surface area is 372 Å². The summed E-state index contributed by atoms with van der Waals surface area (Å²) in [6, 6.07) is 14.6. The van der Waals surface area contributed by atoms with Crippen LogP contribution in [-0.4, -0.2) is 119 Å². The number of aliphatic carboxylic acids is 1. The van der Waals surface area contributed by atoms with Crippen molar-refractivity contribution in [1.82, 2.24) is 5.32 Å².